The van der Waals surface area contributed by atoms with Crippen molar-refractivity contribution >= 4 is 109 Å². The molecule has 152 valence electrons. The Labute approximate surface area is 223 Å². The van der Waals surface area contributed by atoms with Crippen molar-refractivity contribution in [2.45, 2.75) is 27.7 Å². The first-order valence-corrected chi connectivity index (χ1v) is 12.8. The molecule has 0 spiro atoms. The van der Waals surface area contributed by atoms with Crippen LogP contribution >= 0.6 is 90.4 Å². The fourth-order valence-corrected chi connectivity index (χ4v) is 6.06. The van der Waals surface area contributed by atoms with E-state index in [0.29, 0.717) is 29.8 Å². The van der Waals surface area contributed by atoms with Crippen LogP contribution < -0.4 is 0 Å². The highest BCUT2D eigenvalue weighted by molar-refractivity contribution is 14.1. The lowest BCUT2D eigenvalue weighted by Gasteiger charge is -2.17. The molecule has 29 heavy (non-hydrogen) atoms. The van der Waals surface area contributed by atoms with Crippen molar-refractivity contribution in [3.05, 3.63) is 60.2 Å². The monoisotopic (exact) mass is 844 g/mol. The molecule has 3 nitrogen and oxygen atoms in total. The first-order chi connectivity index (χ1) is 13.5. The van der Waals surface area contributed by atoms with Gasteiger partial charge in [0.05, 0.1) is 18.5 Å². The van der Waals surface area contributed by atoms with Gasteiger partial charge in [-0.3, -0.25) is 13.6 Å². The van der Waals surface area contributed by atoms with Gasteiger partial charge in [0.15, 0.2) is 0 Å². The predicted octanol–water partition coefficient (Wildman–Crippen LogP) is 7.34. The number of allylic oxidation sites excluding steroid dienone is 2. The first kappa shape index (κ1) is 23.9. The van der Waals surface area contributed by atoms with Crippen molar-refractivity contribution in [1.82, 2.24) is 4.48 Å². The number of hydrogen-bond donors (Lipinski definition) is 1. The fraction of sp³-hybridized carbons (Fsp3) is 0.211. The minimum Gasteiger partial charge on any atom is -0.506 e. The van der Waals surface area contributed by atoms with E-state index < -0.39 is 7.40 Å². The van der Waals surface area contributed by atoms with Crippen LogP contribution in [0, 0.1) is 24.6 Å². The van der Waals surface area contributed by atoms with E-state index in [9.17, 15) is 13.7 Å². The van der Waals surface area contributed by atoms with Gasteiger partial charge in [-0.1, -0.05) is 0 Å². The molecule has 3 rings (SSSR count). The van der Waals surface area contributed by atoms with E-state index in [-0.39, 0.29) is 5.75 Å². The standard InChI is InChI=1S/C19H15BF2I4N2O/c1-7-15(25)9(3)27-17(7)14(11-5-12(23)19(29)13(24)6-11)18-8(2)16(26)10(4)28(18)20(21)22/h5-6,29H,1-4H3/b17-14-. The van der Waals surface area contributed by atoms with Gasteiger partial charge in [-0.05, 0) is 147 Å². The van der Waals surface area contributed by atoms with Gasteiger partial charge in [0, 0.05) is 24.1 Å². The third-order valence-corrected chi connectivity index (χ3v) is 9.68. The molecule has 1 aliphatic rings. The average molecular weight is 844 g/mol. The number of aromatic hydroxyl groups is 1. The molecular formula is C19H15BF2I4N2O. The minimum atomic E-state index is -2.67. The van der Waals surface area contributed by atoms with E-state index in [2.05, 4.69) is 90.4 Å². The summed E-state index contributed by atoms with van der Waals surface area (Å²) in [6.45, 7) is 7.48. The van der Waals surface area contributed by atoms with Gasteiger partial charge in [-0.2, -0.15) is 0 Å². The molecule has 0 aliphatic carbocycles. The van der Waals surface area contributed by atoms with E-state index in [1.165, 1.54) is 0 Å². The summed E-state index contributed by atoms with van der Waals surface area (Å²) in [7, 11) is -2.67. The second kappa shape index (κ2) is 9.04. The van der Waals surface area contributed by atoms with Crippen LogP contribution in [0.25, 0.3) is 5.57 Å². The van der Waals surface area contributed by atoms with Gasteiger partial charge in [0.25, 0.3) is 0 Å². The normalized spacial score (nSPS) is 15.9. The highest BCUT2D eigenvalue weighted by atomic mass is 127. The summed E-state index contributed by atoms with van der Waals surface area (Å²) >= 11 is 8.50. The zero-order chi connectivity index (χ0) is 21.8. The van der Waals surface area contributed by atoms with Crippen LogP contribution in [0.5, 0.6) is 5.75 Å². The number of hydrogen-bond acceptors (Lipinski definition) is 2. The number of phenolic OH excluding ortho intramolecular Hbond substituents is 1. The maximum absolute atomic E-state index is 14.2. The zero-order valence-electron chi connectivity index (χ0n) is 15.8. The predicted molar refractivity (Wildman–Crippen MR) is 149 cm³/mol. The summed E-state index contributed by atoms with van der Waals surface area (Å²) in [5.41, 5.74) is 5.75. The second-order valence-electron chi connectivity index (χ2n) is 6.67. The Hall–Kier alpha value is 0.295. The van der Waals surface area contributed by atoms with Crippen molar-refractivity contribution in [3.63, 3.8) is 0 Å². The molecule has 1 aromatic carbocycles. The van der Waals surface area contributed by atoms with Gasteiger partial charge in [-0.15, -0.1) is 0 Å². The van der Waals surface area contributed by atoms with Crippen molar-refractivity contribution in [3.8, 4) is 5.75 Å². The summed E-state index contributed by atoms with van der Waals surface area (Å²) in [4.78, 5) is 4.75. The molecule has 10 heteroatoms. The topological polar surface area (TPSA) is 37.5 Å². The summed E-state index contributed by atoms with van der Waals surface area (Å²) in [6, 6.07) is 3.66. The smallest absolute Gasteiger partial charge is 0.506 e. The Morgan fingerprint density at radius 3 is 2.03 bits per heavy atom. The molecule has 0 bridgehead atoms. The van der Waals surface area contributed by atoms with Crippen molar-refractivity contribution in [2.75, 3.05) is 0 Å². The molecular weight excluding hydrogens is 829 g/mol. The van der Waals surface area contributed by atoms with Gasteiger partial charge in [-0.25, -0.2) is 0 Å². The van der Waals surface area contributed by atoms with Gasteiger partial charge < -0.3 is 9.58 Å². The molecule has 0 unspecified atom stereocenters. The molecule has 2 aromatic rings. The van der Waals surface area contributed by atoms with Gasteiger partial charge in [0.2, 0.25) is 0 Å². The van der Waals surface area contributed by atoms with E-state index >= 15 is 0 Å². The maximum Gasteiger partial charge on any atom is 0.677 e. The lowest BCUT2D eigenvalue weighted by Crippen LogP contribution is -2.18. The minimum absolute atomic E-state index is 0.193. The fourth-order valence-electron chi connectivity index (χ4n) is 3.40. The number of nitrogens with zero attached hydrogens (tertiary/aromatic N) is 2. The van der Waals surface area contributed by atoms with E-state index in [4.69, 9.17) is 4.99 Å². The van der Waals surface area contributed by atoms with Crippen molar-refractivity contribution < 1.29 is 13.7 Å². The molecule has 2 heterocycles. The average Bonchev–Trinajstić information content (AvgIpc) is 3.03. The molecule has 0 saturated heterocycles. The Kier molecular flexibility index (Phi) is 7.46. The molecule has 1 N–H and O–H groups in total. The number of aliphatic imine (C=N–C) groups is 1. The maximum atomic E-state index is 14.2. The summed E-state index contributed by atoms with van der Waals surface area (Å²) in [5, 5.41) is 10.2. The lowest BCUT2D eigenvalue weighted by molar-refractivity contribution is 0.467. The van der Waals surface area contributed by atoms with E-state index in [1.54, 1.807) is 6.92 Å². The van der Waals surface area contributed by atoms with Crippen LogP contribution in [0.2, 0.25) is 0 Å². The molecule has 0 amide bonds. The third kappa shape index (κ3) is 4.19. The van der Waals surface area contributed by atoms with Crippen molar-refractivity contribution in [2.24, 2.45) is 4.99 Å². The lowest BCUT2D eigenvalue weighted by atomic mass is 9.94. The van der Waals surface area contributed by atoms with Gasteiger partial charge >= 0.3 is 7.40 Å². The Morgan fingerprint density at radius 1 is 1.03 bits per heavy atom. The second-order valence-corrected chi connectivity index (χ2v) is 11.2. The highest BCUT2D eigenvalue weighted by Crippen LogP contribution is 2.42. The summed E-state index contributed by atoms with van der Waals surface area (Å²) in [5.74, 6) is 0.193. The Balaban J connectivity index is 2.52. The molecule has 0 atom stereocenters. The quantitative estimate of drug-likeness (QED) is 0.255. The van der Waals surface area contributed by atoms with Crippen LogP contribution in [-0.2, 0) is 0 Å². The number of aromatic nitrogens is 1. The molecule has 0 saturated carbocycles. The zero-order valence-corrected chi connectivity index (χ0v) is 24.5. The summed E-state index contributed by atoms with van der Waals surface area (Å²) in [6.07, 6.45) is 0. The number of rotatable bonds is 3. The van der Waals surface area contributed by atoms with E-state index in [1.807, 2.05) is 32.9 Å². The summed E-state index contributed by atoms with van der Waals surface area (Å²) < 4.78 is 32.6. The molecule has 0 fully saturated rings. The molecule has 1 aliphatic heterocycles. The van der Waals surface area contributed by atoms with Crippen LogP contribution in [0.1, 0.15) is 36.4 Å². The highest BCUT2D eigenvalue weighted by Gasteiger charge is 2.32. The molecule has 1 aromatic heterocycles. The Morgan fingerprint density at radius 2 is 1.59 bits per heavy atom. The number of halogens is 6. The van der Waals surface area contributed by atoms with Crippen molar-refractivity contribution in [1.29, 1.82) is 0 Å². The molecule has 0 radical (unpaired) electrons. The number of phenols is 1. The van der Waals surface area contributed by atoms with Crippen LogP contribution in [0.3, 0.4) is 0 Å². The Bertz CT molecular complexity index is 1110. The SMILES string of the molecule is CC1=N/C(=C(/c2cc(I)c(O)c(I)c2)c2c(C)c(I)c(C)n2B(F)F)C(C)=C1I. The third-order valence-electron chi connectivity index (χ3n) is 4.86. The van der Waals surface area contributed by atoms with Crippen LogP contribution in [0.4, 0.5) is 8.63 Å². The first-order valence-electron chi connectivity index (χ1n) is 8.47. The van der Waals surface area contributed by atoms with Gasteiger partial charge in [0.1, 0.15) is 5.75 Å². The number of benzene rings is 1. The largest absolute Gasteiger partial charge is 0.677 e. The van der Waals surface area contributed by atoms with Crippen LogP contribution in [0.15, 0.2) is 32.0 Å². The van der Waals surface area contributed by atoms with E-state index in [0.717, 1.165) is 34.0 Å². The van der Waals surface area contributed by atoms with Crippen LogP contribution in [-0.4, -0.2) is 22.7 Å².